The Kier molecular flexibility index (Phi) is 1.05. The summed E-state index contributed by atoms with van der Waals surface area (Å²) in [4.78, 5) is 0. The molecule has 0 radical (unpaired) electrons. The van der Waals surface area contributed by atoms with Crippen LogP contribution in [0.5, 0.6) is 0 Å². The van der Waals surface area contributed by atoms with E-state index in [0.717, 1.165) is 6.42 Å². The predicted molar refractivity (Wildman–Crippen MR) is 27.8 cm³/mol. The summed E-state index contributed by atoms with van der Waals surface area (Å²) in [5.74, 6) is 0.403. The molecule has 0 amide bonds. The van der Waals surface area contributed by atoms with Crippen molar-refractivity contribution in [2.24, 2.45) is 11.7 Å². The van der Waals surface area contributed by atoms with E-state index in [1.165, 1.54) is 0 Å². The van der Waals surface area contributed by atoms with Crippen molar-refractivity contribution in [3.8, 4) is 0 Å². The van der Waals surface area contributed by atoms with Crippen LogP contribution in [-0.4, -0.2) is 17.3 Å². The zero-order chi connectivity index (χ0) is 5.44. The number of hydrogen-bond donors (Lipinski definition) is 2. The van der Waals surface area contributed by atoms with Gasteiger partial charge in [-0.25, -0.2) is 0 Å². The van der Waals surface area contributed by atoms with Gasteiger partial charge in [0.15, 0.2) is 0 Å². The predicted octanol–water partition coefficient (Wildman–Crippen LogP) is -0.286. The number of hydrogen-bond acceptors (Lipinski definition) is 2. The second-order valence-corrected chi connectivity index (χ2v) is 2.30. The minimum Gasteiger partial charge on any atom is -0.393 e. The van der Waals surface area contributed by atoms with Gasteiger partial charge < -0.3 is 10.8 Å². The van der Waals surface area contributed by atoms with E-state index in [1.54, 1.807) is 6.92 Å². The first-order chi connectivity index (χ1) is 3.22. The lowest BCUT2D eigenvalue weighted by atomic mass is 10.3. The third kappa shape index (κ3) is 0.924. The van der Waals surface area contributed by atoms with Crippen LogP contribution in [-0.2, 0) is 0 Å². The number of aliphatic hydroxyl groups is 1. The molecule has 0 aromatic rings. The highest BCUT2D eigenvalue weighted by Gasteiger charge is 2.36. The van der Waals surface area contributed by atoms with Gasteiger partial charge in [0, 0.05) is 12.0 Å². The van der Waals surface area contributed by atoms with Crippen LogP contribution >= 0.6 is 0 Å². The molecule has 0 aromatic carbocycles. The molecule has 7 heavy (non-hydrogen) atoms. The van der Waals surface area contributed by atoms with E-state index in [9.17, 15) is 0 Å². The van der Waals surface area contributed by atoms with E-state index < -0.39 is 0 Å². The largest absolute Gasteiger partial charge is 0.393 e. The van der Waals surface area contributed by atoms with Crippen LogP contribution in [0.4, 0.5) is 0 Å². The summed E-state index contributed by atoms with van der Waals surface area (Å²) < 4.78 is 0. The summed E-state index contributed by atoms with van der Waals surface area (Å²) in [6, 6.07) is 0.292. The Labute approximate surface area is 43.3 Å². The van der Waals surface area contributed by atoms with E-state index in [0.29, 0.717) is 12.0 Å². The van der Waals surface area contributed by atoms with E-state index in [-0.39, 0.29) is 6.10 Å². The molecule has 3 atom stereocenters. The molecule has 0 aromatic heterocycles. The molecule has 1 aliphatic carbocycles. The average molecular weight is 101 g/mol. The molecule has 0 spiro atoms. The fourth-order valence-corrected chi connectivity index (χ4v) is 0.790. The van der Waals surface area contributed by atoms with Crippen LogP contribution in [0.3, 0.4) is 0 Å². The Morgan fingerprint density at radius 3 is 2.29 bits per heavy atom. The first kappa shape index (κ1) is 5.06. The van der Waals surface area contributed by atoms with Gasteiger partial charge in [0.1, 0.15) is 0 Å². The molecule has 3 N–H and O–H groups in total. The summed E-state index contributed by atoms with van der Waals surface area (Å²) in [6.45, 7) is 1.79. The monoisotopic (exact) mass is 101 g/mol. The van der Waals surface area contributed by atoms with Crippen LogP contribution < -0.4 is 5.73 Å². The molecule has 0 unspecified atom stereocenters. The molecule has 0 saturated heterocycles. The summed E-state index contributed by atoms with van der Waals surface area (Å²) in [6.07, 6.45) is 0.826. The molecule has 1 saturated carbocycles. The van der Waals surface area contributed by atoms with Gasteiger partial charge in [0.25, 0.3) is 0 Å². The van der Waals surface area contributed by atoms with Crippen molar-refractivity contribution in [2.45, 2.75) is 25.5 Å². The highest BCUT2D eigenvalue weighted by atomic mass is 16.3. The van der Waals surface area contributed by atoms with Crippen molar-refractivity contribution in [2.75, 3.05) is 0 Å². The second-order valence-electron chi connectivity index (χ2n) is 2.30. The molecular formula is C5H11NO. The van der Waals surface area contributed by atoms with Gasteiger partial charge in [-0.15, -0.1) is 0 Å². The van der Waals surface area contributed by atoms with Gasteiger partial charge in [0.05, 0.1) is 6.10 Å². The summed E-state index contributed by atoms with van der Waals surface area (Å²) >= 11 is 0. The zero-order valence-electron chi connectivity index (χ0n) is 4.46. The van der Waals surface area contributed by atoms with E-state index >= 15 is 0 Å². The zero-order valence-corrected chi connectivity index (χ0v) is 4.46. The number of rotatable bonds is 1. The average Bonchev–Trinajstić information content (AvgIpc) is 2.17. The minimum absolute atomic E-state index is 0.185. The van der Waals surface area contributed by atoms with Crippen molar-refractivity contribution in [1.82, 2.24) is 0 Å². The molecule has 0 heterocycles. The van der Waals surface area contributed by atoms with E-state index in [4.69, 9.17) is 10.8 Å². The Morgan fingerprint density at radius 2 is 2.29 bits per heavy atom. The van der Waals surface area contributed by atoms with Gasteiger partial charge in [0.2, 0.25) is 0 Å². The van der Waals surface area contributed by atoms with Crippen LogP contribution in [0.25, 0.3) is 0 Å². The lowest BCUT2D eigenvalue weighted by Crippen LogP contribution is -2.11. The topological polar surface area (TPSA) is 46.2 Å². The van der Waals surface area contributed by atoms with Gasteiger partial charge >= 0.3 is 0 Å². The first-order valence-electron chi connectivity index (χ1n) is 2.65. The molecule has 0 aliphatic heterocycles. The van der Waals surface area contributed by atoms with Crippen molar-refractivity contribution in [3.63, 3.8) is 0 Å². The quantitative estimate of drug-likeness (QED) is 0.477. The van der Waals surface area contributed by atoms with Crippen molar-refractivity contribution < 1.29 is 5.11 Å². The van der Waals surface area contributed by atoms with Crippen LogP contribution in [0.1, 0.15) is 13.3 Å². The van der Waals surface area contributed by atoms with Gasteiger partial charge in [-0.2, -0.15) is 0 Å². The fraction of sp³-hybridized carbons (Fsp3) is 1.00. The molecule has 1 rings (SSSR count). The Balaban J connectivity index is 2.20. The lowest BCUT2D eigenvalue weighted by Gasteiger charge is -1.96. The molecule has 1 fully saturated rings. The maximum absolute atomic E-state index is 8.78. The normalized spacial score (nSPS) is 43.3. The van der Waals surface area contributed by atoms with Crippen LogP contribution in [0.15, 0.2) is 0 Å². The van der Waals surface area contributed by atoms with Crippen LogP contribution in [0.2, 0.25) is 0 Å². The van der Waals surface area contributed by atoms with Gasteiger partial charge in [-0.05, 0) is 13.3 Å². The second kappa shape index (κ2) is 1.46. The van der Waals surface area contributed by atoms with Gasteiger partial charge in [-0.3, -0.25) is 0 Å². The SMILES string of the molecule is C[C@@H](O)[C@@H]1C[C@H]1N. The Morgan fingerprint density at radius 1 is 1.86 bits per heavy atom. The van der Waals surface area contributed by atoms with Crippen LogP contribution in [0, 0.1) is 5.92 Å². The molecule has 2 heteroatoms. The highest BCUT2D eigenvalue weighted by Crippen LogP contribution is 2.30. The third-order valence-corrected chi connectivity index (χ3v) is 1.51. The summed E-state index contributed by atoms with van der Waals surface area (Å²) in [5.41, 5.74) is 5.41. The maximum atomic E-state index is 8.78. The number of nitrogens with two attached hydrogens (primary N) is 1. The first-order valence-corrected chi connectivity index (χ1v) is 2.65. The summed E-state index contributed by atoms with van der Waals surface area (Å²) in [7, 11) is 0. The van der Waals surface area contributed by atoms with Crippen molar-refractivity contribution in [1.29, 1.82) is 0 Å². The Bertz CT molecular complexity index is 72.5. The minimum atomic E-state index is -0.185. The molecular weight excluding hydrogens is 90.1 g/mol. The van der Waals surface area contributed by atoms with Crippen molar-refractivity contribution >= 4 is 0 Å². The Hall–Kier alpha value is -0.0800. The molecule has 0 bridgehead atoms. The molecule has 1 aliphatic rings. The van der Waals surface area contributed by atoms with E-state index in [2.05, 4.69) is 0 Å². The molecule has 2 nitrogen and oxygen atoms in total. The maximum Gasteiger partial charge on any atom is 0.0555 e. The smallest absolute Gasteiger partial charge is 0.0555 e. The summed E-state index contributed by atoms with van der Waals surface area (Å²) in [5, 5.41) is 8.78. The van der Waals surface area contributed by atoms with Crippen molar-refractivity contribution in [3.05, 3.63) is 0 Å². The number of aliphatic hydroxyl groups excluding tert-OH is 1. The standard InChI is InChI=1S/C5H11NO/c1-3(7)4-2-5(4)6/h3-5,7H,2,6H2,1H3/t3-,4+,5-/m1/s1. The molecule has 42 valence electrons. The fourth-order valence-electron chi connectivity index (χ4n) is 0.790. The third-order valence-electron chi connectivity index (χ3n) is 1.51. The highest BCUT2D eigenvalue weighted by molar-refractivity contribution is 4.92. The van der Waals surface area contributed by atoms with Gasteiger partial charge in [-0.1, -0.05) is 0 Å². The lowest BCUT2D eigenvalue weighted by molar-refractivity contribution is 0.169. The van der Waals surface area contributed by atoms with E-state index in [1.807, 2.05) is 0 Å².